The maximum Gasteiger partial charge on any atom is 0.218 e. The first kappa shape index (κ1) is 15.3. The highest BCUT2D eigenvalue weighted by atomic mass is 32.2. The lowest BCUT2D eigenvalue weighted by Crippen LogP contribution is -2.39. The summed E-state index contributed by atoms with van der Waals surface area (Å²) in [5.74, 6) is 0.0280. The van der Waals surface area contributed by atoms with Crippen LogP contribution in [-0.4, -0.2) is 50.8 Å². The van der Waals surface area contributed by atoms with Gasteiger partial charge in [-0.25, -0.2) is 12.7 Å². The summed E-state index contributed by atoms with van der Waals surface area (Å²) in [5, 5.41) is 0. The van der Waals surface area contributed by atoms with Gasteiger partial charge in [-0.15, -0.1) is 0 Å². The number of nitrogens with two attached hydrogens (primary N) is 1. The van der Waals surface area contributed by atoms with Gasteiger partial charge in [0.15, 0.2) is 0 Å². The minimum Gasteiger partial charge on any atom is -0.399 e. The highest BCUT2D eigenvalue weighted by Gasteiger charge is 2.27. The molecule has 2 N–H and O–H groups in total. The molecular formula is C14H23N3O2S. The number of anilines is 1. The molecule has 1 aliphatic rings. The molecule has 20 heavy (non-hydrogen) atoms. The van der Waals surface area contributed by atoms with Crippen LogP contribution in [0.2, 0.25) is 0 Å². The van der Waals surface area contributed by atoms with E-state index in [0.29, 0.717) is 18.3 Å². The molecule has 1 saturated heterocycles. The van der Waals surface area contributed by atoms with E-state index >= 15 is 0 Å². The Balaban J connectivity index is 2.00. The number of hydrogen-bond donors (Lipinski definition) is 1. The molecule has 6 heteroatoms. The maximum atomic E-state index is 12.4. The number of likely N-dealkylation sites (N-methyl/N-ethyl adjacent to an activating group) is 2. The van der Waals surface area contributed by atoms with Crippen molar-refractivity contribution in [2.75, 3.05) is 32.9 Å². The zero-order valence-electron chi connectivity index (χ0n) is 12.1. The quantitative estimate of drug-likeness (QED) is 0.827. The van der Waals surface area contributed by atoms with Gasteiger partial charge >= 0.3 is 0 Å². The lowest BCUT2D eigenvalue weighted by molar-refractivity contribution is 0.271. The van der Waals surface area contributed by atoms with Crippen molar-refractivity contribution in [1.29, 1.82) is 0 Å². The van der Waals surface area contributed by atoms with Crippen LogP contribution in [0, 0.1) is 0 Å². The van der Waals surface area contributed by atoms with Crippen LogP contribution in [0.3, 0.4) is 0 Å². The van der Waals surface area contributed by atoms with E-state index in [-0.39, 0.29) is 5.75 Å². The predicted molar refractivity (Wildman–Crippen MR) is 81.8 cm³/mol. The topological polar surface area (TPSA) is 66.6 Å². The SMILES string of the molecule is CN1CCCC1CN(C)S(=O)(=O)Cc1ccc(N)cc1. The first-order valence-corrected chi connectivity index (χ1v) is 8.48. The highest BCUT2D eigenvalue weighted by molar-refractivity contribution is 7.88. The van der Waals surface area contributed by atoms with E-state index in [1.54, 1.807) is 31.3 Å². The van der Waals surface area contributed by atoms with Crippen molar-refractivity contribution in [3.05, 3.63) is 29.8 Å². The maximum absolute atomic E-state index is 12.4. The van der Waals surface area contributed by atoms with E-state index in [4.69, 9.17) is 5.73 Å². The Morgan fingerprint density at radius 3 is 2.55 bits per heavy atom. The average molecular weight is 297 g/mol. The number of likely N-dealkylation sites (tertiary alicyclic amines) is 1. The fourth-order valence-corrected chi connectivity index (χ4v) is 3.79. The van der Waals surface area contributed by atoms with Gasteiger partial charge in [0.2, 0.25) is 10.0 Å². The zero-order chi connectivity index (χ0) is 14.8. The lowest BCUT2D eigenvalue weighted by atomic mass is 10.2. The van der Waals surface area contributed by atoms with Crippen LogP contribution in [0.25, 0.3) is 0 Å². The van der Waals surface area contributed by atoms with Crippen LogP contribution >= 0.6 is 0 Å². The van der Waals surface area contributed by atoms with Crippen molar-refractivity contribution in [1.82, 2.24) is 9.21 Å². The van der Waals surface area contributed by atoms with E-state index < -0.39 is 10.0 Å². The van der Waals surface area contributed by atoms with E-state index in [0.717, 1.165) is 24.9 Å². The molecule has 1 aromatic rings. The minimum atomic E-state index is -3.27. The van der Waals surface area contributed by atoms with Gasteiger partial charge in [-0.2, -0.15) is 0 Å². The van der Waals surface area contributed by atoms with Crippen LogP contribution in [0.4, 0.5) is 5.69 Å². The van der Waals surface area contributed by atoms with Gasteiger partial charge in [0, 0.05) is 25.3 Å². The van der Waals surface area contributed by atoms with Crippen molar-refractivity contribution in [2.45, 2.75) is 24.6 Å². The fraction of sp³-hybridized carbons (Fsp3) is 0.571. The average Bonchev–Trinajstić information content (AvgIpc) is 2.78. The Kier molecular flexibility index (Phi) is 4.67. The molecule has 1 heterocycles. The largest absolute Gasteiger partial charge is 0.399 e. The predicted octanol–water partition coefficient (Wildman–Crippen LogP) is 1.12. The lowest BCUT2D eigenvalue weighted by Gasteiger charge is -2.25. The second-order valence-electron chi connectivity index (χ2n) is 5.55. The summed E-state index contributed by atoms with van der Waals surface area (Å²) in [5.41, 5.74) is 7.02. The third-order valence-electron chi connectivity index (χ3n) is 3.94. The van der Waals surface area contributed by atoms with Gasteiger partial charge < -0.3 is 10.6 Å². The Morgan fingerprint density at radius 2 is 2.00 bits per heavy atom. The smallest absolute Gasteiger partial charge is 0.218 e. The summed E-state index contributed by atoms with van der Waals surface area (Å²) in [4.78, 5) is 2.23. The zero-order valence-corrected chi connectivity index (χ0v) is 12.9. The number of nitrogen functional groups attached to an aromatic ring is 1. The summed E-state index contributed by atoms with van der Waals surface area (Å²) < 4.78 is 26.2. The molecule has 0 bridgehead atoms. The van der Waals surface area contributed by atoms with Gasteiger partial charge in [-0.1, -0.05) is 12.1 Å². The van der Waals surface area contributed by atoms with Gasteiger partial charge in [0.1, 0.15) is 0 Å². The molecule has 0 spiro atoms. The Bertz CT molecular complexity index is 542. The Labute approximate surface area is 121 Å². The molecule has 0 radical (unpaired) electrons. The number of hydrogen-bond acceptors (Lipinski definition) is 4. The molecule has 1 aliphatic heterocycles. The van der Waals surface area contributed by atoms with Gasteiger partial charge in [0.05, 0.1) is 5.75 Å². The fourth-order valence-electron chi connectivity index (χ4n) is 2.55. The Morgan fingerprint density at radius 1 is 1.35 bits per heavy atom. The third kappa shape index (κ3) is 3.71. The van der Waals surface area contributed by atoms with E-state index in [9.17, 15) is 8.42 Å². The first-order chi connectivity index (χ1) is 9.38. The summed E-state index contributed by atoms with van der Waals surface area (Å²) in [6.45, 7) is 1.62. The van der Waals surface area contributed by atoms with E-state index in [1.165, 1.54) is 4.31 Å². The summed E-state index contributed by atoms with van der Waals surface area (Å²) in [6, 6.07) is 7.33. The van der Waals surface area contributed by atoms with Crippen LogP contribution in [-0.2, 0) is 15.8 Å². The van der Waals surface area contributed by atoms with E-state index in [2.05, 4.69) is 11.9 Å². The van der Waals surface area contributed by atoms with Crippen molar-refractivity contribution >= 4 is 15.7 Å². The molecule has 2 rings (SSSR count). The van der Waals surface area contributed by atoms with Gasteiger partial charge in [0.25, 0.3) is 0 Å². The molecule has 5 nitrogen and oxygen atoms in total. The van der Waals surface area contributed by atoms with E-state index in [1.807, 2.05) is 0 Å². The molecule has 0 aliphatic carbocycles. The van der Waals surface area contributed by atoms with Crippen molar-refractivity contribution in [3.8, 4) is 0 Å². The van der Waals surface area contributed by atoms with Crippen LogP contribution < -0.4 is 5.73 Å². The molecule has 0 aromatic heterocycles. The number of sulfonamides is 1. The molecule has 1 unspecified atom stereocenters. The second kappa shape index (κ2) is 6.11. The molecule has 1 atom stereocenters. The number of benzene rings is 1. The summed E-state index contributed by atoms with van der Waals surface area (Å²) in [7, 11) is 0.448. The molecule has 1 aromatic carbocycles. The van der Waals surface area contributed by atoms with Crippen LogP contribution in [0.15, 0.2) is 24.3 Å². The number of rotatable bonds is 5. The summed E-state index contributed by atoms with van der Waals surface area (Å²) >= 11 is 0. The normalized spacial score (nSPS) is 20.6. The monoisotopic (exact) mass is 297 g/mol. The van der Waals surface area contributed by atoms with Crippen molar-refractivity contribution in [3.63, 3.8) is 0 Å². The molecule has 0 amide bonds. The second-order valence-corrected chi connectivity index (χ2v) is 7.63. The van der Waals surface area contributed by atoms with Crippen LogP contribution in [0.5, 0.6) is 0 Å². The standard InChI is InChI=1S/C14H23N3O2S/c1-16-9-3-4-14(16)10-17(2)20(18,19)11-12-5-7-13(15)8-6-12/h5-8,14H,3-4,9-11,15H2,1-2H3. The molecule has 0 saturated carbocycles. The van der Waals surface area contributed by atoms with Crippen molar-refractivity contribution in [2.24, 2.45) is 0 Å². The van der Waals surface area contributed by atoms with Gasteiger partial charge in [-0.05, 0) is 44.1 Å². The first-order valence-electron chi connectivity index (χ1n) is 6.87. The van der Waals surface area contributed by atoms with Gasteiger partial charge in [-0.3, -0.25) is 0 Å². The molecule has 112 valence electrons. The summed E-state index contributed by atoms with van der Waals surface area (Å²) in [6.07, 6.45) is 2.21. The molecular weight excluding hydrogens is 274 g/mol. The third-order valence-corrected chi connectivity index (χ3v) is 5.74. The Hall–Kier alpha value is -1.11. The van der Waals surface area contributed by atoms with Crippen LogP contribution in [0.1, 0.15) is 18.4 Å². The number of nitrogens with zero attached hydrogens (tertiary/aromatic N) is 2. The minimum absolute atomic E-state index is 0.0280. The molecule has 1 fully saturated rings. The highest BCUT2D eigenvalue weighted by Crippen LogP contribution is 2.18. The van der Waals surface area contributed by atoms with Crippen molar-refractivity contribution < 1.29 is 8.42 Å².